The summed E-state index contributed by atoms with van der Waals surface area (Å²) in [6.07, 6.45) is 1.23. The first kappa shape index (κ1) is 16.1. The number of nitrogens with one attached hydrogen (secondary N) is 1. The molecule has 1 aromatic heterocycles. The zero-order chi connectivity index (χ0) is 16.4. The van der Waals surface area contributed by atoms with Gasteiger partial charge in [-0.3, -0.25) is 0 Å². The Morgan fingerprint density at radius 1 is 1.22 bits per heavy atom. The molecular weight excluding hydrogens is 318 g/mol. The monoisotopic (exact) mass is 338 g/mol. The third-order valence-electron chi connectivity index (χ3n) is 4.04. The molecule has 23 heavy (non-hydrogen) atoms. The van der Waals surface area contributed by atoms with Crippen LogP contribution in [-0.2, 0) is 6.54 Å². The largest absolute Gasteiger partial charge is 0.349 e. The second-order valence-corrected chi connectivity index (χ2v) is 7.04. The molecule has 124 valence electrons. The van der Waals surface area contributed by atoms with E-state index in [1.54, 1.807) is 0 Å². The number of rotatable bonds is 4. The molecule has 7 heteroatoms. The summed E-state index contributed by atoms with van der Waals surface area (Å²) in [4.78, 5) is 6.70. The molecule has 2 aromatic rings. The van der Waals surface area contributed by atoms with Gasteiger partial charge in [-0.25, -0.2) is 8.78 Å². The van der Waals surface area contributed by atoms with E-state index >= 15 is 0 Å². The predicted molar refractivity (Wildman–Crippen MR) is 88.8 cm³/mol. The molecule has 0 radical (unpaired) electrons. The summed E-state index contributed by atoms with van der Waals surface area (Å²) >= 11 is 1.32. The second kappa shape index (κ2) is 6.78. The van der Waals surface area contributed by atoms with E-state index in [2.05, 4.69) is 33.4 Å². The van der Waals surface area contributed by atoms with Crippen LogP contribution in [0.3, 0.4) is 0 Å². The molecule has 0 saturated carbocycles. The van der Waals surface area contributed by atoms with Crippen molar-refractivity contribution in [1.29, 1.82) is 0 Å². The number of hydrogen-bond acceptors (Lipinski definition) is 5. The topological polar surface area (TPSA) is 41.1 Å². The molecule has 1 aromatic carbocycles. The van der Waals surface area contributed by atoms with E-state index in [-0.39, 0.29) is 12.1 Å². The third-order valence-corrected chi connectivity index (χ3v) is 4.82. The number of halogens is 2. The Balaban J connectivity index is 1.66. The quantitative estimate of drug-likeness (QED) is 0.918. The van der Waals surface area contributed by atoms with Gasteiger partial charge in [0.2, 0.25) is 11.1 Å². The molecule has 3 rings (SSSR count). The molecular formula is C16H20F2N4S. The van der Waals surface area contributed by atoms with Crippen molar-refractivity contribution in [2.75, 3.05) is 23.3 Å². The fourth-order valence-corrected chi connectivity index (χ4v) is 3.77. The minimum absolute atomic E-state index is 0.00377. The van der Waals surface area contributed by atoms with Crippen LogP contribution in [0.5, 0.6) is 0 Å². The molecule has 1 saturated heterocycles. The normalized spacial score (nSPS) is 21.5. The van der Waals surface area contributed by atoms with Crippen LogP contribution >= 0.6 is 11.5 Å². The number of nitrogens with zero attached hydrogens (tertiary/aromatic N) is 3. The van der Waals surface area contributed by atoms with E-state index < -0.39 is 11.6 Å². The van der Waals surface area contributed by atoms with Gasteiger partial charge in [-0.1, -0.05) is 19.9 Å². The summed E-state index contributed by atoms with van der Waals surface area (Å²) in [5.41, 5.74) is 0.00377. The first-order valence-corrected chi connectivity index (χ1v) is 8.55. The Morgan fingerprint density at radius 3 is 2.52 bits per heavy atom. The van der Waals surface area contributed by atoms with Crippen molar-refractivity contribution in [1.82, 2.24) is 9.36 Å². The molecule has 1 aliphatic rings. The van der Waals surface area contributed by atoms with Crippen molar-refractivity contribution >= 4 is 22.6 Å². The zero-order valence-corrected chi connectivity index (χ0v) is 14.0. The van der Waals surface area contributed by atoms with Crippen molar-refractivity contribution in [2.24, 2.45) is 11.8 Å². The van der Waals surface area contributed by atoms with Gasteiger partial charge in [0.15, 0.2) is 0 Å². The molecule has 4 nitrogen and oxygen atoms in total. The SMILES string of the molecule is CC1CC(C)CN(c2nc(NCc3c(F)cccc3F)ns2)C1. The maximum atomic E-state index is 13.6. The molecule has 0 spiro atoms. The van der Waals surface area contributed by atoms with Crippen molar-refractivity contribution in [2.45, 2.75) is 26.8 Å². The summed E-state index contributed by atoms with van der Waals surface area (Å²) in [6, 6.07) is 3.85. The first-order valence-electron chi connectivity index (χ1n) is 7.78. The van der Waals surface area contributed by atoms with E-state index in [1.807, 2.05) is 0 Å². The number of aromatic nitrogens is 2. The van der Waals surface area contributed by atoms with Crippen LogP contribution in [-0.4, -0.2) is 22.4 Å². The minimum Gasteiger partial charge on any atom is -0.349 e. The average molecular weight is 338 g/mol. The highest BCUT2D eigenvalue weighted by Crippen LogP contribution is 2.28. The molecule has 0 amide bonds. The van der Waals surface area contributed by atoms with E-state index in [4.69, 9.17) is 0 Å². The maximum Gasteiger partial charge on any atom is 0.236 e. The Labute approximate surface area is 138 Å². The van der Waals surface area contributed by atoms with Gasteiger partial charge >= 0.3 is 0 Å². The number of anilines is 2. The predicted octanol–water partition coefficient (Wildman–Crippen LogP) is 3.91. The smallest absolute Gasteiger partial charge is 0.236 e. The van der Waals surface area contributed by atoms with Gasteiger partial charge in [-0.15, -0.1) is 0 Å². The van der Waals surface area contributed by atoms with Crippen molar-refractivity contribution in [3.8, 4) is 0 Å². The fourth-order valence-electron chi connectivity index (χ4n) is 3.10. The van der Waals surface area contributed by atoms with E-state index in [1.165, 1.54) is 36.2 Å². The van der Waals surface area contributed by atoms with Crippen LogP contribution < -0.4 is 10.2 Å². The van der Waals surface area contributed by atoms with Gasteiger partial charge in [0, 0.05) is 36.7 Å². The lowest BCUT2D eigenvalue weighted by molar-refractivity contribution is 0.356. The highest BCUT2D eigenvalue weighted by Gasteiger charge is 2.24. The average Bonchev–Trinajstić information content (AvgIpc) is 2.95. The van der Waals surface area contributed by atoms with Crippen LogP contribution in [0, 0.1) is 23.5 Å². The molecule has 2 unspecified atom stereocenters. The maximum absolute atomic E-state index is 13.6. The van der Waals surface area contributed by atoms with Gasteiger partial charge in [0.05, 0.1) is 0 Å². The second-order valence-electron chi connectivity index (χ2n) is 6.31. The lowest BCUT2D eigenvalue weighted by atomic mass is 9.92. The van der Waals surface area contributed by atoms with Crippen LogP contribution in [0.25, 0.3) is 0 Å². The molecule has 1 N–H and O–H groups in total. The summed E-state index contributed by atoms with van der Waals surface area (Å²) < 4.78 is 31.5. The highest BCUT2D eigenvalue weighted by atomic mass is 32.1. The van der Waals surface area contributed by atoms with Crippen LogP contribution in [0.1, 0.15) is 25.8 Å². The fraction of sp³-hybridized carbons (Fsp3) is 0.500. The van der Waals surface area contributed by atoms with Crippen LogP contribution in [0.15, 0.2) is 18.2 Å². The molecule has 2 heterocycles. The van der Waals surface area contributed by atoms with Gasteiger partial charge in [0.1, 0.15) is 11.6 Å². The summed E-state index contributed by atoms with van der Waals surface area (Å²) in [6.45, 7) is 6.46. The Kier molecular flexibility index (Phi) is 4.75. The number of piperidine rings is 1. The molecule has 1 aliphatic heterocycles. The number of benzene rings is 1. The van der Waals surface area contributed by atoms with Crippen LogP contribution in [0.2, 0.25) is 0 Å². The zero-order valence-electron chi connectivity index (χ0n) is 13.2. The molecule has 1 fully saturated rings. The lowest BCUT2D eigenvalue weighted by Gasteiger charge is -2.34. The van der Waals surface area contributed by atoms with Crippen LogP contribution in [0.4, 0.5) is 19.9 Å². The van der Waals surface area contributed by atoms with Gasteiger partial charge in [0.25, 0.3) is 0 Å². The van der Waals surface area contributed by atoms with E-state index in [0.717, 1.165) is 18.2 Å². The minimum atomic E-state index is -0.563. The van der Waals surface area contributed by atoms with Gasteiger partial charge in [-0.2, -0.15) is 9.36 Å². The number of hydrogen-bond donors (Lipinski definition) is 1. The van der Waals surface area contributed by atoms with Gasteiger partial charge in [-0.05, 0) is 30.4 Å². The Hall–Kier alpha value is -1.76. The Morgan fingerprint density at radius 2 is 1.87 bits per heavy atom. The van der Waals surface area contributed by atoms with Crippen molar-refractivity contribution in [3.63, 3.8) is 0 Å². The van der Waals surface area contributed by atoms with Crippen molar-refractivity contribution < 1.29 is 8.78 Å². The van der Waals surface area contributed by atoms with E-state index in [0.29, 0.717) is 17.8 Å². The first-order chi connectivity index (χ1) is 11.0. The summed E-state index contributed by atoms with van der Waals surface area (Å²) in [5, 5.41) is 3.77. The summed E-state index contributed by atoms with van der Waals surface area (Å²) in [5.74, 6) is 0.551. The van der Waals surface area contributed by atoms with Crippen molar-refractivity contribution in [3.05, 3.63) is 35.4 Å². The highest BCUT2D eigenvalue weighted by molar-refractivity contribution is 7.09. The molecule has 0 bridgehead atoms. The molecule has 0 aliphatic carbocycles. The standard InChI is InChI=1S/C16H20F2N4S/c1-10-6-11(2)9-22(8-10)16-20-15(21-23-16)19-7-12-13(17)4-3-5-14(12)18/h3-5,10-11H,6-9H2,1-2H3,(H,19,21). The molecule has 2 atom stereocenters. The Bertz CT molecular complexity index is 646. The van der Waals surface area contributed by atoms with Gasteiger partial charge < -0.3 is 10.2 Å². The third kappa shape index (κ3) is 3.77. The van der Waals surface area contributed by atoms with E-state index in [9.17, 15) is 8.78 Å². The summed E-state index contributed by atoms with van der Waals surface area (Å²) in [7, 11) is 0. The lowest BCUT2D eigenvalue weighted by Crippen LogP contribution is -2.38.